The van der Waals surface area contributed by atoms with Crippen LogP contribution in [0.15, 0.2) is 24.5 Å². The maximum absolute atomic E-state index is 10.6. The van der Waals surface area contributed by atoms with Crippen LogP contribution in [0.5, 0.6) is 0 Å². The number of ether oxygens (including phenoxy) is 1. The minimum atomic E-state index is -1.86. The van der Waals surface area contributed by atoms with Crippen molar-refractivity contribution in [3.8, 4) is 0 Å². The lowest BCUT2D eigenvalue weighted by atomic mass is 9.82. The van der Waals surface area contributed by atoms with Crippen molar-refractivity contribution >= 4 is 5.69 Å². The highest BCUT2D eigenvalue weighted by Gasteiger charge is 2.57. The van der Waals surface area contributed by atoms with Crippen molar-refractivity contribution in [2.45, 2.75) is 29.8 Å². The number of rotatable bonds is 3. The highest BCUT2D eigenvalue weighted by atomic mass is 16.6. The van der Waals surface area contributed by atoms with Crippen LogP contribution in [0, 0.1) is 0 Å². The lowest BCUT2D eigenvalue weighted by Gasteiger charge is -2.35. The number of anilines is 1. The van der Waals surface area contributed by atoms with E-state index in [1.807, 2.05) is 0 Å². The third-order valence-electron chi connectivity index (χ3n) is 4.26. The van der Waals surface area contributed by atoms with Gasteiger partial charge in [-0.3, -0.25) is 5.01 Å². The highest BCUT2D eigenvalue weighted by molar-refractivity contribution is 5.58. The van der Waals surface area contributed by atoms with Crippen molar-refractivity contribution in [2.75, 3.05) is 18.2 Å². The Labute approximate surface area is 121 Å². The quantitative estimate of drug-likeness (QED) is 0.360. The first-order valence-electron chi connectivity index (χ1n) is 6.70. The summed E-state index contributed by atoms with van der Waals surface area (Å²) in [6, 6.07) is 1.78. The Balaban J connectivity index is 1.99. The Hall–Kier alpha value is -1.42. The van der Waals surface area contributed by atoms with Gasteiger partial charge in [0, 0.05) is 12.4 Å². The zero-order chi connectivity index (χ0) is 15.2. The molecule has 1 saturated heterocycles. The van der Waals surface area contributed by atoms with Gasteiger partial charge in [-0.25, -0.2) is 5.84 Å². The van der Waals surface area contributed by atoms with E-state index in [9.17, 15) is 20.4 Å². The van der Waals surface area contributed by atoms with Crippen molar-refractivity contribution in [1.29, 1.82) is 0 Å². The maximum Gasteiger partial charge on any atom is 0.143 e. The molecule has 8 nitrogen and oxygen atoms in total. The number of hydrazine groups is 1. The van der Waals surface area contributed by atoms with Gasteiger partial charge in [0.2, 0.25) is 0 Å². The number of nitrogens with two attached hydrogens (primary N) is 1. The van der Waals surface area contributed by atoms with E-state index in [2.05, 4.69) is 4.98 Å². The second-order valence-electron chi connectivity index (χ2n) is 5.42. The Bertz CT molecular complexity index is 548. The molecule has 8 heteroatoms. The SMILES string of the molecule is NN1C=CC([C@@H]2O[C@H](CO)[C@@H](O)[C@]2(O)CO)c2[nH]ccc21. The number of nitrogens with one attached hydrogen (secondary N) is 1. The van der Waals surface area contributed by atoms with Gasteiger partial charge in [-0.15, -0.1) is 0 Å². The molecule has 0 aliphatic carbocycles. The fourth-order valence-corrected chi connectivity index (χ4v) is 3.07. The number of aromatic amines is 1. The van der Waals surface area contributed by atoms with Gasteiger partial charge < -0.3 is 30.1 Å². The molecule has 3 rings (SSSR count). The minimum Gasteiger partial charge on any atom is -0.394 e. The standard InChI is InChI=1S/C13H19N3O5/c14-16-4-2-7(10-8(16)1-3-15-10)12-13(20,6-18)11(19)9(5-17)21-12/h1-4,7,9,11-12,15,17-20H,5-6,14H2/t7?,9-,11-,12+,13-/m1/s1. The van der Waals surface area contributed by atoms with E-state index in [0.717, 1.165) is 0 Å². The summed E-state index contributed by atoms with van der Waals surface area (Å²) >= 11 is 0. The van der Waals surface area contributed by atoms with Crippen LogP contribution in [0.4, 0.5) is 5.69 Å². The van der Waals surface area contributed by atoms with Gasteiger partial charge in [-0.2, -0.15) is 0 Å². The van der Waals surface area contributed by atoms with Crippen molar-refractivity contribution in [3.63, 3.8) is 0 Å². The van der Waals surface area contributed by atoms with Crippen molar-refractivity contribution in [2.24, 2.45) is 5.84 Å². The molecule has 0 spiro atoms. The van der Waals surface area contributed by atoms with E-state index >= 15 is 0 Å². The predicted molar refractivity (Wildman–Crippen MR) is 73.1 cm³/mol. The van der Waals surface area contributed by atoms with Crippen LogP contribution in [-0.4, -0.2) is 62.5 Å². The third-order valence-corrected chi connectivity index (χ3v) is 4.26. The highest BCUT2D eigenvalue weighted by Crippen LogP contribution is 2.43. The molecule has 116 valence electrons. The largest absolute Gasteiger partial charge is 0.394 e. The number of hydrogen-bond donors (Lipinski definition) is 6. The molecular formula is C13H19N3O5. The Kier molecular flexibility index (Phi) is 3.52. The normalized spacial score (nSPS) is 38.8. The first-order valence-corrected chi connectivity index (χ1v) is 6.70. The molecule has 1 fully saturated rings. The first kappa shape index (κ1) is 14.5. The van der Waals surface area contributed by atoms with Crippen LogP contribution in [0.3, 0.4) is 0 Å². The lowest BCUT2D eigenvalue weighted by molar-refractivity contribution is -0.111. The van der Waals surface area contributed by atoms with Gasteiger partial charge in [0.25, 0.3) is 0 Å². The number of fused-ring (bicyclic) bond motifs is 1. The summed E-state index contributed by atoms with van der Waals surface area (Å²) in [6.07, 6.45) is 1.82. The summed E-state index contributed by atoms with van der Waals surface area (Å²) in [4.78, 5) is 3.03. The molecule has 2 aliphatic rings. The average molecular weight is 297 g/mol. The zero-order valence-corrected chi connectivity index (χ0v) is 11.3. The topological polar surface area (TPSA) is 135 Å². The molecule has 21 heavy (non-hydrogen) atoms. The van der Waals surface area contributed by atoms with E-state index < -0.39 is 43.0 Å². The number of aliphatic hydroxyl groups excluding tert-OH is 3. The summed E-state index contributed by atoms with van der Waals surface area (Å²) in [5.41, 5.74) is -0.433. The number of H-pyrrole nitrogens is 1. The molecule has 2 aliphatic heterocycles. The van der Waals surface area contributed by atoms with E-state index in [1.54, 1.807) is 24.5 Å². The van der Waals surface area contributed by atoms with E-state index in [4.69, 9.17) is 10.6 Å². The molecule has 0 bridgehead atoms. The Morgan fingerprint density at radius 2 is 2.19 bits per heavy atom. The molecular weight excluding hydrogens is 278 g/mol. The van der Waals surface area contributed by atoms with Crippen LogP contribution in [0.2, 0.25) is 0 Å². The van der Waals surface area contributed by atoms with Crippen LogP contribution in [0.1, 0.15) is 11.6 Å². The van der Waals surface area contributed by atoms with Gasteiger partial charge in [0.1, 0.15) is 23.9 Å². The van der Waals surface area contributed by atoms with Crippen LogP contribution >= 0.6 is 0 Å². The predicted octanol–water partition coefficient (Wildman–Crippen LogP) is -1.85. The summed E-state index contributed by atoms with van der Waals surface area (Å²) < 4.78 is 5.59. The molecule has 5 atom stereocenters. The maximum atomic E-state index is 10.6. The molecule has 7 N–H and O–H groups in total. The van der Waals surface area contributed by atoms with Gasteiger partial charge in [0.05, 0.1) is 30.5 Å². The minimum absolute atomic E-state index is 0.432. The monoisotopic (exact) mass is 297 g/mol. The number of aromatic nitrogens is 1. The van der Waals surface area contributed by atoms with Crippen LogP contribution < -0.4 is 10.9 Å². The fraction of sp³-hybridized carbons (Fsp3) is 0.538. The molecule has 1 unspecified atom stereocenters. The van der Waals surface area contributed by atoms with E-state index in [1.165, 1.54) is 5.01 Å². The average Bonchev–Trinajstić information content (AvgIpc) is 3.07. The second kappa shape index (κ2) is 5.09. The lowest BCUT2D eigenvalue weighted by Crippen LogP contribution is -2.53. The number of hydrogen-bond acceptors (Lipinski definition) is 7. The number of aliphatic hydroxyl groups is 4. The number of nitrogens with zero attached hydrogens (tertiary/aromatic N) is 1. The summed E-state index contributed by atoms with van der Waals surface area (Å²) in [5.74, 6) is 5.38. The third kappa shape index (κ3) is 2.00. The summed E-state index contributed by atoms with van der Waals surface area (Å²) in [6.45, 7) is -1.13. The Morgan fingerprint density at radius 3 is 2.86 bits per heavy atom. The molecule has 0 radical (unpaired) electrons. The van der Waals surface area contributed by atoms with Crippen LogP contribution in [-0.2, 0) is 4.74 Å². The van der Waals surface area contributed by atoms with Gasteiger partial charge in [-0.1, -0.05) is 6.08 Å². The van der Waals surface area contributed by atoms with Gasteiger partial charge in [0.15, 0.2) is 0 Å². The molecule has 3 heterocycles. The van der Waals surface area contributed by atoms with Crippen molar-refractivity contribution in [3.05, 3.63) is 30.2 Å². The van der Waals surface area contributed by atoms with Crippen LogP contribution in [0.25, 0.3) is 0 Å². The van der Waals surface area contributed by atoms with Gasteiger partial charge in [-0.05, 0) is 6.07 Å². The second-order valence-corrected chi connectivity index (χ2v) is 5.42. The summed E-state index contributed by atoms with van der Waals surface area (Å²) in [7, 11) is 0. The van der Waals surface area contributed by atoms with Gasteiger partial charge >= 0.3 is 0 Å². The smallest absolute Gasteiger partial charge is 0.143 e. The molecule has 0 saturated carbocycles. The summed E-state index contributed by atoms with van der Waals surface area (Å²) in [5, 5.41) is 40.9. The van der Waals surface area contributed by atoms with E-state index in [-0.39, 0.29) is 0 Å². The molecule has 0 amide bonds. The molecule has 1 aromatic heterocycles. The van der Waals surface area contributed by atoms with E-state index in [0.29, 0.717) is 11.4 Å². The van der Waals surface area contributed by atoms with Crippen molar-refractivity contribution < 1.29 is 25.2 Å². The zero-order valence-electron chi connectivity index (χ0n) is 11.3. The molecule has 0 aromatic carbocycles. The Morgan fingerprint density at radius 1 is 1.43 bits per heavy atom. The fourth-order valence-electron chi connectivity index (χ4n) is 3.07. The molecule has 1 aromatic rings. The van der Waals surface area contributed by atoms with Crippen molar-refractivity contribution in [1.82, 2.24) is 4.98 Å². The first-order chi connectivity index (χ1) is 10.0.